The Kier molecular flexibility index (Phi) is 4.27. The average Bonchev–Trinajstić information content (AvgIpc) is 3.11. The fraction of sp³-hybridized carbons (Fsp3) is 0.429. The largest absolute Gasteiger partial charge is 0.419 e. The molecule has 6 rings (SSSR count). The van der Waals surface area contributed by atoms with E-state index in [4.69, 9.17) is 27.6 Å². The van der Waals surface area contributed by atoms with Crippen molar-refractivity contribution in [1.82, 2.24) is 19.7 Å². The zero-order valence-electron chi connectivity index (χ0n) is 16.7. The molecule has 156 valence electrons. The number of benzene rings is 1. The Morgan fingerprint density at radius 1 is 1.13 bits per heavy atom. The lowest BCUT2D eigenvalue weighted by molar-refractivity contribution is 0.237. The number of nitrogens with zero attached hydrogens (tertiary/aromatic N) is 5. The van der Waals surface area contributed by atoms with E-state index in [2.05, 4.69) is 36.9 Å². The number of rotatable bonds is 4. The van der Waals surface area contributed by atoms with Crippen molar-refractivity contribution in [3.63, 3.8) is 0 Å². The highest BCUT2D eigenvalue weighted by Gasteiger charge is 2.45. The summed E-state index contributed by atoms with van der Waals surface area (Å²) in [6, 6.07) is 5.62. The Labute approximate surface area is 184 Å². The topological polar surface area (TPSA) is 62.4 Å². The van der Waals surface area contributed by atoms with Gasteiger partial charge in [0.2, 0.25) is 5.89 Å². The van der Waals surface area contributed by atoms with Gasteiger partial charge in [-0.2, -0.15) is 0 Å². The van der Waals surface area contributed by atoms with E-state index in [9.17, 15) is 0 Å². The molecule has 4 aliphatic heterocycles. The van der Waals surface area contributed by atoms with Gasteiger partial charge in [-0.3, -0.25) is 4.57 Å². The van der Waals surface area contributed by atoms with Crippen LogP contribution in [0.4, 0.5) is 11.5 Å². The molecule has 1 fully saturated rings. The molecule has 0 unspecified atom stereocenters. The predicted molar refractivity (Wildman–Crippen MR) is 118 cm³/mol. The van der Waals surface area contributed by atoms with Crippen LogP contribution < -0.4 is 10.2 Å². The van der Waals surface area contributed by atoms with E-state index >= 15 is 0 Å². The SMILES string of the molecule is CN1CCC(c2nnc(-c3c4c5c(n3-4)NCCN5Cc3cc(Cl)ccc3Cl)o2)CC1. The van der Waals surface area contributed by atoms with E-state index in [1.54, 1.807) is 0 Å². The molecule has 30 heavy (non-hydrogen) atoms. The Morgan fingerprint density at radius 2 is 1.97 bits per heavy atom. The Balaban J connectivity index is 1.26. The molecule has 0 radical (unpaired) electrons. The second-order valence-corrected chi connectivity index (χ2v) is 9.18. The van der Waals surface area contributed by atoms with E-state index in [1.165, 1.54) is 11.4 Å². The number of likely N-dealkylation sites (tertiary alicyclic amines) is 1. The van der Waals surface area contributed by atoms with Gasteiger partial charge < -0.3 is 19.5 Å². The second-order valence-electron chi connectivity index (χ2n) is 8.34. The summed E-state index contributed by atoms with van der Waals surface area (Å²) in [7, 11) is 2.16. The third kappa shape index (κ3) is 2.91. The molecule has 2 aromatic rings. The van der Waals surface area contributed by atoms with Crippen molar-refractivity contribution >= 4 is 34.7 Å². The van der Waals surface area contributed by atoms with Crippen molar-refractivity contribution in [2.24, 2.45) is 0 Å². The average molecular weight is 445 g/mol. The highest BCUT2D eigenvalue weighted by Crippen LogP contribution is 2.58. The Hall–Kier alpha value is -2.22. The van der Waals surface area contributed by atoms with Gasteiger partial charge in [0.25, 0.3) is 5.89 Å². The third-order valence-electron chi connectivity index (χ3n) is 6.36. The molecule has 0 atom stereocenters. The van der Waals surface area contributed by atoms with Crippen molar-refractivity contribution in [1.29, 1.82) is 0 Å². The zero-order chi connectivity index (χ0) is 20.4. The molecule has 0 saturated carbocycles. The van der Waals surface area contributed by atoms with Crippen LogP contribution in [0.15, 0.2) is 22.6 Å². The van der Waals surface area contributed by atoms with Crippen LogP contribution in [0.3, 0.4) is 0 Å². The molecule has 4 aliphatic rings. The van der Waals surface area contributed by atoms with E-state index in [-0.39, 0.29) is 0 Å². The third-order valence-corrected chi connectivity index (χ3v) is 6.97. The quantitative estimate of drug-likeness (QED) is 0.503. The number of nitrogens with one attached hydrogen (secondary N) is 1. The van der Waals surface area contributed by atoms with E-state index in [0.29, 0.717) is 16.8 Å². The number of fused-ring (bicyclic) bond motifs is 4. The number of anilines is 2. The van der Waals surface area contributed by atoms with Gasteiger partial charge in [0.15, 0.2) is 0 Å². The molecule has 0 amide bonds. The van der Waals surface area contributed by atoms with Crippen LogP contribution in [-0.4, -0.2) is 52.9 Å². The summed E-state index contributed by atoms with van der Waals surface area (Å²) in [6.07, 6.45) is 2.14. The monoisotopic (exact) mass is 444 g/mol. The minimum absolute atomic E-state index is 0.363. The summed E-state index contributed by atoms with van der Waals surface area (Å²) in [6.45, 7) is 4.64. The van der Waals surface area contributed by atoms with Crippen LogP contribution in [-0.2, 0) is 6.54 Å². The summed E-state index contributed by atoms with van der Waals surface area (Å²) in [5, 5.41) is 13.7. The molecule has 0 aliphatic carbocycles. The predicted octanol–water partition coefficient (Wildman–Crippen LogP) is 4.39. The fourth-order valence-electron chi connectivity index (χ4n) is 4.63. The lowest BCUT2D eigenvalue weighted by Gasteiger charge is -2.34. The van der Waals surface area contributed by atoms with Gasteiger partial charge >= 0.3 is 0 Å². The van der Waals surface area contributed by atoms with Crippen LogP contribution >= 0.6 is 23.2 Å². The van der Waals surface area contributed by atoms with Gasteiger partial charge in [-0.05, 0) is 56.7 Å². The first-order chi connectivity index (χ1) is 14.6. The van der Waals surface area contributed by atoms with Gasteiger partial charge in [0, 0.05) is 35.6 Å². The van der Waals surface area contributed by atoms with Crippen LogP contribution in [0.2, 0.25) is 10.0 Å². The van der Waals surface area contributed by atoms with Crippen molar-refractivity contribution in [2.75, 3.05) is 43.4 Å². The molecule has 0 spiro atoms. The fourth-order valence-corrected chi connectivity index (χ4v) is 5.00. The van der Waals surface area contributed by atoms with Crippen molar-refractivity contribution in [2.45, 2.75) is 25.3 Å². The van der Waals surface area contributed by atoms with Crippen LogP contribution in [0, 0.1) is 0 Å². The lowest BCUT2D eigenvalue weighted by Crippen LogP contribution is -2.36. The summed E-state index contributed by atoms with van der Waals surface area (Å²) < 4.78 is 8.28. The number of halogens is 2. The summed E-state index contributed by atoms with van der Waals surface area (Å²) in [4.78, 5) is 4.69. The molecule has 9 heteroatoms. The molecule has 1 aromatic heterocycles. The first kappa shape index (κ1) is 18.5. The zero-order valence-corrected chi connectivity index (χ0v) is 18.2. The van der Waals surface area contributed by atoms with Crippen molar-refractivity contribution < 1.29 is 4.42 Å². The smallest absolute Gasteiger partial charge is 0.267 e. The van der Waals surface area contributed by atoms with Gasteiger partial charge in [-0.1, -0.05) is 23.2 Å². The normalized spacial score (nSPS) is 18.4. The Bertz CT molecular complexity index is 1130. The van der Waals surface area contributed by atoms with Crippen molar-refractivity contribution in [3.8, 4) is 17.3 Å². The maximum absolute atomic E-state index is 6.40. The molecular weight excluding hydrogens is 423 g/mol. The molecule has 1 aromatic carbocycles. The van der Waals surface area contributed by atoms with E-state index in [1.807, 2.05) is 18.2 Å². The summed E-state index contributed by atoms with van der Waals surface area (Å²) in [5.74, 6) is 2.87. The number of piperidine rings is 1. The molecule has 0 bridgehead atoms. The summed E-state index contributed by atoms with van der Waals surface area (Å²) in [5.41, 5.74) is 4.44. The number of hydrogen-bond donors (Lipinski definition) is 1. The molecular formula is C21H22Cl2N6O. The molecule has 5 heterocycles. The maximum atomic E-state index is 6.40. The van der Waals surface area contributed by atoms with Gasteiger partial charge in [-0.25, -0.2) is 0 Å². The Morgan fingerprint density at radius 3 is 2.80 bits per heavy atom. The van der Waals surface area contributed by atoms with Crippen LogP contribution in [0.1, 0.15) is 30.2 Å². The number of hydrogen-bond acceptors (Lipinski definition) is 6. The highest BCUT2D eigenvalue weighted by atomic mass is 35.5. The maximum Gasteiger partial charge on any atom is 0.267 e. The standard InChI is InChI=1S/C21H22Cl2N6O/c1-27-7-4-12(5-8-27)20-25-26-21(30-20)18-16-17-19(29(16)18)24-6-9-28(17)11-13-10-14(22)2-3-15(13)23/h2-3,10,12,24H,4-9,11H2,1H3. The van der Waals surface area contributed by atoms with Crippen molar-refractivity contribution in [3.05, 3.63) is 39.7 Å². The molecule has 1 N–H and O–H groups in total. The lowest BCUT2D eigenvalue weighted by atomic mass is 9.97. The minimum Gasteiger partial charge on any atom is -0.419 e. The summed E-state index contributed by atoms with van der Waals surface area (Å²) >= 11 is 12.6. The van der Waals surface area contributed by atoms with Gasteiger partial charge in [0.1, 0.15) is 22.9 Å². The second kappa shape index (κ2) is 6.90. The highest BCUT2D eigenvalue weighted by molar-refractivity contribution is 6.33. The van der Waals surface area contributed by atoms with Crippen LogP contribution in [0.5, 0.6) is 0 Å². The van der Waals surface area contributed by atoms with Gasteiger partial charge in [0.05, 0.1) is 0 Å². The van der Waals surface area contributed by atoms with E-state index in [0.717, 1.165) is 73.6 Å². The number of aromatic nitrogens is 3. The first-order valence-electron chi connectivity index (χ1n) is 10.3. The minimum atomic E-state index is 0.363. The van der Waals surface area contributed by atoms with Gasteiger partial charge in [-0.15, -0.1) is 10.2 Å². The first-order valence-corrected chi connectivity index (χ1v) is 11.1. The van der Waals surface area contributed by atoms with E-state index < -0.39 is 0 Å². The van der Waals surface area contributed by atoms with Crippen LogP contribution in [0.25, 0.3) is 17.3 Å². The molecule has 1 saturated heterocycles. The molecule has 7 nitrogen and oxygen atoms in total.